The lowest BCUT2D eigenvalue weighted by Gasteiger charge is -2.53. The molecule has 0 aliphatic carbocycles. The number of carbonyl (C=O) groups excluding carboxylic acids is 1. The quantitative estimate of drug-likeness (QED) is 0.898. The number of hydrogen-bond donors (Lipinski definition) is 1. The van der Waals surface area contributed by atoms with Crippen LogP contribution in [-0.4, -0.2) is 69.9 Å². The molecule has 22 heavy (non-hydrogen) atoms. The van der Waals surface area contributed by atoms with Crippen LogP contribution in [0.1, 0.15) is 36.5 Å². The average Bonchev–Trinajstić information content (AvgIpc) is 3.03. The van der Waals surface area contributed by atoms with Crippen LogP contribution < -0.4 is 0 Å². The predicted octanol–water partition coefficient (Wildman–Crippen LogP) is 0.822. The van der Waals surface area contributed by atoms with Crippen LogP contribution in [0.3, 0.4) is 0 Å². The Labute approximate surface area is 131 Å². The molecule has 2 atom stereocenters. The van der Waals surface area contributed by atoms with Crippen molar-refractivity contribution >= 4 is 5.91 Å². The van der Waals surface area contributed by atoms with Crippen LogP contribution >= 0.6 is 0 Å². The van der Waals surface area contributed by atoms with Crippen molar-refractivity contribution in [3.05, 3.63) is 18.0 Å². The maximum Gasteiger partial charge on any atom is 0.257 e. The van der Waals surface area contributed by atoms with Gasteiger partial charge in [-0.1, -0.05) is 0 Å². The Morgan fingerprint density at radius 3 is 2.95 bits per heavy atom. The lowest BCUT2D eigenvalue weighted by atomic mass is 9.69. The number of aliphatic hydroxyl groups excluding tert-OH is 1. The predicted molar refractivity (Wildman–Crippen MR) is 83.6 cm³/mol. The summed E-state index contributed by atoms with van der Waals surface area (Å²) in [4.78, 5) is 16.9. The van der Waals surface area contributed by atoms with Crippen LogP contribution in [0.2, 0.25) is 0 Å². The number of piperidine rings is 2. The molecule has 2 aliphatic heterocycles. The third-order valence-electron chi connectivity index (χ3n) is 5.50. The highest BCUT2D eigenvalue weighted by atomic mass is 16.3. The third kappa shape index (κ3) is 2.54. The van der Waals surface area contributed by atoms with Crippen LogP contribution in [0, 0.1) is 5.41 Å². The number of aromatic nitrogens is 2. The minimum atomic E-state index is -0.0304. The molecule has 1 amide bonds. The summed E-state index contributed by atoms with van der Waals surface area (Å²) in [5.41, 5.74) is 0.633. The Morgan fingerprint density at radius 1 is 1.45 bits per heavy atom. The van der Waals surface area contributed by atoms with Gasteiger partial charge in [-0.15, -0.1) is 0 Å². The van der Waals surface area contributed by atoms with Gasteiger partial charge in [-0.2, -0.15) is 5.10 Å². The van der Waals surface area contributed by atoms with E-state index in [-0.39, 0.29) is 24.0 Å². The second-order valence-electron chi connectivity index (χ2n) is 6.71. The second kappa shape index (κ2) is 6.01. The van der Waals surface area contributed by atoms with Gasteiger partial charge in [-0.25, -0.2) is 0 Å². The molecule has 122 valence electrons. The van der Waals surface area contributed by atoms with Crippen molar-refractivity contribution in [2.24, 2.45) is 5.41 Å². The number of aryl methyl sites for hydroxylation is 1. The summed E-state index contributed by atoms with van der Waals surface area (Å²) < 4.78 is 1.78. The summed E-state index contributed by atoms with van der Waals surface area (Å²) in [5, 5.41) is 14.1. The van der Waals surface area contributed by atoms with Gasteiger partial charge in [0.25, 0.3) is 5.91 Å². The van der Waals surface area contributed by atoms with Crippen LogP contribution in [0.15, 0.2) is 12.4 Å². The van der Waals surface area contributed by atoms with Gasteiger partial charge in [0.05, 0.1) is 18.4 Å². The number of rotatable bonds is 3. The molecule has 3 heterocycles. The molecule has 2 aliphatic rings. The smallest absolute Gasteiger partial charge is 0.257 e. The van der Waals surface area contributed by atoms with Crippen molar-refractivity contribution in [3.63, 3.8) is 0 Å². The molecule has 0 bridgehead atoms. The number of likely N-dealkylation sites (tertiary alicyclic amines) is 2. The van der Waals surface area contributed by atoms with Crippen molar-refractivity contribution in [1.82, 2.24) is 19.6 Å². The van der Waals surface area contributed by atoms with Gasteiger partial charge in [0.2, 0.25) is 0 Å². The van der Waals surface area contributed by atoms with Gasteiger partial charge < -0.3 is 14.9 Å². The molecule has 6 heteroatoms. The number of carbonyl (C=O) groups is 1. The second-order valence-corrected chi connectivity index (χ2v) is 6.71. The van der Waals surface area contributed by atoms with Crippen molar-refractivity contribution in [1.29, 1.82) is 0 Å². The minimum Gasteiger partial charge on any atom is -0.396 e. The molecule has 0 unspecified atom stereocenters. The highest BCUT2D eigenvalue weighted by molar-refractivity contribution is 5.93. The van der Waals surface area contributed by atoms with E-state index in [1.54, 1.807) is 10.9 Å². The van der Waals surface area contributed by atoms with Gasteiger partial charge in [-0.3, -0.25) is 9.48 Å². The molecular weight excluding hydrogens is 280 g/mol. The molecule has 6 nitrogen and oxygen atoms in total. The van der Waals surface area contributed by atoms with Crippen molar-refractivity contribution in [2.75, 3.05) is 33.3 Å². The Balaban J connectivity index is 1.76. The van der Waals surface area contributed by atoms with Gasteiger partial charge in [-0.05, 0) is 39.8 Å². The highest BCUT2D eigenvalue weighted by Crippen LogP contribution is 2.41. The molecule has 0 saturated carbocycles. The average molecular weight is 306 g/mol. The van der Waals surface area contributed by atoms with E-state index < -0.39 is 0 Å². The van der Waals surface area contributed by atoms with Crippen LogP contribution in [0.4, 0.5) is 0 Å². The fourth-order valence-corrected chi connectivity index (χ4v) is 4.03. The molecule has 0 radical (unpaired) electrons. The third-order valence-corrected chi connectivity index (χ3v) is 5.50. The fraction of sp³-hybridized carbons (Fsp3) is 0.750. The maximum atomic E-state index is 12.7. The summed E-state index contributed by atoms with van der Waals surface area (Å²) in [6.07, 6.45) is 6.55. The van der Waals surface area contributed by atoms with Crippen molar-refractivity contribution in [3.8, 4) is 0 Å². The number of nitrogens with zero attached hydrogens (tertiary/aromatic N) is 4. The van der Waals surface area contributed by atoms with E-state index in [1.165, 1.54) is 0 Å². The Hall–Kier alpha value is -1.40. The molecule has 1 aromatic heterocycles. The first-order valence-electron chi connectivity index (χ1n) is 8.22. The zero-order chi connectivity index (χ0) is 15.7. The molecular formula is C16H26N4O2. The van der Waals surface area contributed by atoms with Gasteiger partial charge in [0.1, 0.15) is 0 Å². The normalized spacial score (nSPS) is 29.4. The molecule has 1 aromatic rings. The van der Waals surface area contributed by atoms with Gasteiger partial charge >= 0.3 is 0 Å². The molecule has 1 N–H and O–H groups in total. The highest BCUT2D eigenvalue weighted by Gasteiger charge is 2.47. The fourth-order valence-electron chi connectivity index (χ4n) is 4.03. The van der Waals surface area contributed by atoms with Crippen molar-refractivity contribution in [2.45, 2.75) is 38.8 Å². The zero-order valence-electron chi connectivity index (χ0n) is 13.5. The molecule has 0 aromatic carbocycles. The molecule has 2 saturated heterocycles. The first kappa shape index (κ1) is 15.5. The van der Waals surface area contributed by atoms with Crippen LogP contribution in [0.25, 0.3) is 0 Å². The van der Waals surface area contributed by atoms with Gasteiger partial charge in [0, 0.05) is 37.3 Å². The summed E-state index contributed by atoms with van der Waals surface area (Å²) in [6, 6.07) is 0.255. The SMILES string of the molecule is CCn1cc(C(=O)N2CC[C@@]3(CO)CCCN(C)[C@@H]3C2)cn1. The topological polar surface area (TPSA) is 61.6 Å². The number of aliphatic hydroxyl groups is 1. The summed E-state index contributed by atoms with van der Waals surface area (Å²) >= 11 is 0. The standard InChI is InChI=1S/C16H26N4O2/c1-3-20-10-13(9-17-20)15(22)19-8-6-16(12-21)5-4-7-18(2)14(16)11-19/h9-10,14,21H,3-8,11-12H2,1-2H3/t14-,16-/m1/s1. The summed E-state index contributed by atoms with van der Waals surface area (Å²) in [5.74, 6) is 0.0604. The van der Waals surface area contributed by atoms with Crippen molar-refractivity contribution < 1.29 is 9.90 Å². The number of fused-ring (bicyclic) bond motifs is 1. The van der Waals surface area contributed by atoms with E-state index in [0.29, 0.717) is 12.1 Å². The van der Waals surface area contributed by atoms with E-state index in [1.807, 2.05) is 18.0 Å². The number of likely N-dealkylation sites (N-methyl/N-ethyl adjacent to an activating group) is 1. The van der Waals surface area contributed by atoms with Gasteiger partial charge in [0.15, 0.2) is 0 Å². The Morgan fingerprint density at radius 2 is 2.27 bits per heavy atom. The Kier molecular flexibility index (Phi) is 4.23. The first-order chi connectivity index (χ1) is 10.6. The molecule has 3 rings (SSSR count). The zero-order valence-corrected chi connectivity index (χ0v) is 13.5. The lowest BCUT2D eigenvalue weighted by molar-refractivity contribution is -0.0601. The summed E-state index contributed by atoms with van der Waals surface area (Å²) in [6.45, 7) is 5.47. The summed E-state index contributed by atoms with van der Waals surface area (Å²) in [7, 11) is 2.11. The Bertz CT molecular complexity index is 544. The van der Waals surface area contributed by atoms with Crippen LogP contribution in [0.5, 0.6) is 0 Å². The largest absolute Gasteiger partial charge is 0.396 e. The first-order valence-corrected chi connectivity index (χ1v) is 8.22. The monoisotopic (exact) mass is 306 g/mol. The molecule has 0 spiro atoms. The van der Waals surface area contributed by atoms with Crippen LogP contribution in [-0.2, 0) is 6.54 Å². The van der Waals surface area contributed by atoms with E-state index in [2.05, 4.69) is 17.0 Å². The molecule has 2 fully saturated rings. The van der Waals surface area contributed by atoms with E-state index in [0.717, 1.165) is 38.9 Å². The van der Waals surface area contributed by atoms with E-state index in [9.17, 15) is 9.90 Å². The number of amides is 1. The number of hydrogen-bond acceptors (Lipinski definition) is 4. The minimum absolute atomic E-state index is 0.0304. The lowest BCUT2D eigenvalue weighted by Crippen LogP contribution is -2.62. The van der Waals surface area contributed by atoms with E-state index >= 15 is 0 Å². The van der Waals surface area contributed by atoms with E-state index in [4.69, 9.17) is 0 Å². The maximum absolute atomic E-state index is 12.7.